The fourth-order valence-electron chi connectivity index (χ4n) is 2.77. The number of fused-ring (bicyclic) bond motifs is 1. The van der Waals surface area contributed by atoms with E-state index in [-0.39, 0.29) is 5.56 Å². The van der Waals surface area contributed by atoms with Crippen molar-refractivity contribution >= 4 is 16.7 Å². The molecule has 0 fully saturated rings. The summed E-state index contributed by atoms with van der Waals surface area (Å²) in [5.74, 6) is 1.36. The Balaban J connectivity index is 2.33. The summed E-state index contributed by atoms with van der Waals surface area (Å²) in [4.78, 5) is 22.1. The number of aliphatic imine (C=N–C) groups is 1. The molecule has 0 aliphatic carbocycles. The molecule has 136 valence electrons. The van der Waals surface area contributed by atoms with Gasteiger partial charge in [0.05, 0.1) is 10.9 Å². The molecular formula is C20H30N4O. The number of amidine groups is 1. The summed E-state index contributed by atoms with van der Waals surface area (Å²) in [7, 11) is 1.77. The lowest BCUT2D eigenvalue weighted by atomic mass is 10.2. The van der Waals surface area contributed by atoms with E-state index in [0.717, 1.165) is 43.7 Å². The van der Waals surface area contributed by atoms with Crippen molar-refractivity contribution in [2.75, 3.05) is 13.1 Å². The fourth-order valence-corrected chi connectivity index (χ4v) is 2.77. The van der Waals surface area contributed by atoms with Gasteiger partial charge in [0.2, 0.25) is 0 Å². The molecule has 0 aliphatic rings. The van der Waals surface area contributed by atoms with E-state index in [1.165, 1.54) is 19.3 Å². The monoisotopic (exact) mass is 342 g/mol. The number of unbranched alkanes of at least 4 members (excludes halogenated alkanes) is 4. The van der Waals surface area contributed by atoms with Gasteiger partial charge in [0, 0.05) is 20.1 Å². The SMILES string of the molecule is CCCCCN=C(NCCCCC)c1nc2ccccc2c(=O)n1C. The first-order valence-corrected chi connectivity index (χ1v) is 9.43. The second-order valence-corrected chi connectivity index (χ2v) is 6.39. The molecule has 0 radical (unpaired) electrons. The molecule has 1 aromatic carbocycles. The molecule has 0 saturated heterocycles. The predicted molar refractivity (Wildman–Crippen MR) is 105 cm³/mol. The zero-order valence-electron chi connectivity index (χ0n) is 15.7. The molecule has 1 N–H and O–H groups in total. The topological polar surface area (TPSA) is 59.3 Å². The number of para-hydroxylation sites is 1. The number of benzene rings is 1. The van der Waals surface area contributed by atoms with Gasteiger partial charge in [0.25, 0.3) is 5.56 Å². The Morgan fingerprint density at radius 1 is 1.12 bits per heavy atom. The first-order valence-electron chi connectivity index (χ1n) is 9.43. The minimum Gasteiger partial charge on any atom is -0.367 e. The second kappa shape index (κ2) is 9.97. The molecule has 5 nitrogen and oxygen atoms in total. The van der Waals surface area contributed by atoms with Gasteiger partial charge in [-0.1, -0.05) is 51.7 Å². The molecule has 1 heterocycles. The van der Waals surface area contributed by atoms with E-state index in [2.05, 4.69) is 19.2 Å². The van der Waals surface area contributed by atoms with E-state index in [1.54, 1.807) is 11.6 Å². The van der Waals surface area contributed by atoms with E-state index in [0.29, 0.717) is 11.2 Å². The van der Waals surface area contributed by atoms with Crippen LogP contribution in [0.4, 0.5) is 0 Å². The Kier molecular flexibility index (Phi) is 7.64. The highest BCUT2D eigenvalue weighted by molar-refractivity contribution is 5.97. The van der Waals surface area contributed by atoms with Crippen LogP contribution in [0.1, 0.15) is 58.2 Å². The molecular weight excluding hydrogens is 312 g/mol. The van der Waals surface area contributed by atoms with Crippen LogP contribution in [0, 0.1) is 0 Å². The van der Waals surface area contributed by atoms with Crippen molar-refractivity contribution in [3.63, 3.8) is 0 Å². The van der Waals surface area contributed by atoms with Gasteiger partial charge in [-0.3, -0.25) is 14.4 Å². The Morgan fingerprint density at radius 2 is 1.84 bits per heavy atom. The van der Waals surface area contributed by atoms with Gasteiger partial charge in [-0.15, -0.1) is 0 Å². The summed E-state index contributed by atoms with van der Waals surface area (Å²) in [5.41, 5.74) is 0.689. The number of nitrogens with one attached hydrogen (secondary N) is 1. The summed E-state index contributed by atoms with van der Waals surface area (Å²) in [6, 6.07) is 7.48. The zero-order valence-corrected chi connectivity index (χ0v) is 15.7. The van der Waals surface area contributed by atoms with Crippen LogP contribution in [0.3, 0.4) is 0 Å². The first kappa shape index (κ1) is 19.2. The predicted octanol–water partition coefficient (Wildman–Crippen LogP) is 3.65. The maximum absolute atomic E-state index is 12.6. The van der Waals surface area contributed by atoms with E-state index in [4.69, 9.17) is 9.98 Å². The summed E-state index contributed by atoms with van der Waals surface area (Å²) >= 11 is 0. The van der Waals surface area contributed by atoms with Gasteiger partial charge >= 0.3 is 0 Å². The lowest BCUT2D eigenvalue weighted by molar-refractivity contribution is 0.684. The van der Waals surface area contributed by atoms with E-state index < -0.39 is 0 Å². The van der Waals surface area contributed by atoms with Crippen LogP contribution in [-0.2, 0) is 7.05 Å². The highest BCUT2D eigenvalue weighted by atomic mass is 16.1. The minimum absolute atomic E-state index is 0.0304. The van der Waals surface area contributed by atoms with Crippen molar-refractivity contribution in [1.29, 1.82) is 0 Å². The lowest BCUT2D eigenvalue weighted by Gasteiger charge is -2.14. The summed E-state index contributed by atoms with van der Waals surface area (Å²) in [6.45, 7) is 5.98. The van der Waals surface area contributed by atoms with Gasteiger partial charge < -0.3 is 5.32 Å². The molecule has 0 atom stereocenters. The molecule has 1 aromatic heterocycles. The van der Waals surface area contributed by atoms with Crippen LogP contribution in [0.2, 0.25) is 0 Å². The van der Waals surface area contributed by atoms with Crippen molar-refractivity contribution in [2.45, 2.75) is 52.4 Å². The number of rotatable bonds is 9. The normalized spacial score (nSPS) is 11.9. The zero-order chi connectivity index (χ0) is 18.1. The van der Waals surface area contributed by atoms with Crippen LogP contribution in [0.5, 0.6) is 0 Å². The molecule has 0 amide bonds. The van der Waals surface area contributed by atoms with Gasteiger partial charge in [-0.05, 0) is 25.0 Å². The Morgan fingerprint density at radius 3 is 2.60 bits per heavy atom. The standard InChI is InChI=1S/C20H30N4O/c1-4-6-10-14-21-18(22-15-11-7-5-2)19-23-17-13-9-8-12-16(17)20(25)24(19)3/h8-9,12-13H,4-7,10-11,14-15H2,1-3H3,(H,21,22). The quantitative estimate of drug-likeness (QED) is 0.430. The fraction of sp³-hybridized carbons (Fsp3) is 0.550. The maximum Gasteiger partial charge on any atom is 0.261 e. The molecule has 2 aromatic rings. The molecule has 5 heteroatoms. The molecule has 0 spiro atoms. The van der Waals surface area contributed by atoms with Gasteiger partial charge in [-0.2, -0.15) is 0 Å². The molecule has 2 rings (SSSR count). The minimum atomic E-state index is -0.0304. The highest BCUT2D eigenvalue weighted by Gasteiger charge is 2.13. The third-order valence-electron chi connectivity index (χ3n) is 4.30. The third kappa shape index (κ3) is 5.15. The van der Waals surface area contributed by atoms with Crippen LogP contribution in [-0.4, -0.2) is 28.5 Å². The Hall–Kier alpha value is -2.17. The molecule has 0 aliphatic heterocycles. The highest BCUT2D eigenvalue weighted by Crippen LogP contribution is 2.08. The number of nitrogens with zero attached hydrogens (tertiary/aromatic N) is 3. The third-order valence-corrected chi connectivity index (χ3v) is 4.30. The number of hydrogen-bond acceptors (Lipinski definition) is 3. The maximum atomic E-state index is 12.6. The van der Waals surface area contributed by atoms with Gasteiger partial charge in [0.1, 0.15) is 0 Å². The molecule has 0 saturated carbocycles. The van der Waals surface area contributed by atoms with E-state index >= 15 is 0 Å². The van der Waals surface area contributed by atoms with Crippen molar-refractivity contribution in [3.8, 4) is 0 Å². The largest absolute Gasteiger partial charge is 0.367 e. The second-order valence-electron chi connectivity index (χ2n) is 6.39. The average Bonchev–Trinajstić information content (AvgIpc) is 2.63. The van der Waals surface area contributed by atoms with Crippen molar-refractivity contribution in [3.05, 3.63) is 40.4 Å². The first-order chi connectivity index (χ1) is 12.2. The molecule has 25 heavy (non-hydrogen) atoms. The van der Waals surface area contributed by atoms with Crippen molar-refractivity contribution in [2.24, 2.45) is 12.0 Å². The average molecular weight is 342 g/mol. The Bertz CT molecular complexity index is 764. The van der Waals surface area contributed by atoms with Crippen molar-refractivity contribution < 1.29 is 0 Å². The number of hydrogen-bond donors (Lipinski definition) is 1. The molecule has 0 unspecified atom stereocenters. The number of aromatic nitrogens is 2. The van der Waals surface area contributed by atoms with Gasteiger partial charge in [-0.25, -0.2) is 4.98 Å². The van der Waals surface area contributed by atoms with Crippen LogP contribution in [0.25, 0.3) is 10.9 Å². The summed E-state index contributed by atoms with van der Waals surface area (Å²) in [6.07, 6.45) is 6.83. The summed E-state index contributed by atoms with van der Waals surface area (Å²) in [5, 5.41) is 4.05. The lowest BCUT2D eigenvalue weighted by Crippen LogP contribution is -2.34. The summed E-state index contributed by atoms with van der Waals surface area (Å²) < 4.78 is 1.60. The Labute approximate surface area is 150 Å². The van der Waals surface area contributed by atoms with Gasteiger partial charge in [0.15, 0.2) is 11.7 Å². The smallest absolute Gasteiger partial charge is 0.261 e. The van der Waals surface area contributed by atoms with Crippen LogP contribution in [0.15, 0.2) is 34.1 Å². The van der Waals surface area contributed by atoms with Crippen molar-refractivity contribution in [1.82, 2.24) is 14.9 Å². The molecule has 0 bridgehead atoms. The van der Waals surface area contributed by atoms with E-state index in [9.17, 15) is 4.79 Å². The van der Waals surface area contributed by atoms with Crippen LogP contribution < -0.4 is 10.9 Å². The van der Waals surface area contributed by atoms with Crippen LogP contribution >= 0.6 is 0 Å². The van der Waals surface area contributed by atoms with E-state index in [1.807, 2.05) is 24.3 Å².